The first-order valence-corrected chi connectivity index (χ1v) is 5.27. The molecule has 1 heterocycles. The molecule has 0 aromatic carbocycles. The third-order valence-corrected chi connectivity index (χ3v) is 2.63. The molecule has 0 saturated carbocycles. The van der Waals surface area contributed by atoms with E-state index in [9.17, 15) is 4.79 Å². The number of hydrogen-bond donors (Lipinski definition) is 0. The zero-order valence-corrected chi connectivity index (χ0v) is 10.0. The molecule has 15 heavy (non-hydrogen) atoms. The molecule has 1 aliphatic heterocycles. The first-order valence-electron chi connectivity index (χ1n) is 5.27. The summed E-state index contributed by atoms with van der Waals surface area (Å²) in [5.41, 5.74) is -0.677. The second-order valence-electron chi connectivity index (χ2n) is 5.02. The van der Waals surface area contributed by atoms with Gasteiger partial charge in [-0.2, -0.15) is 0 Å². The standard InChI is InChI=1S/C12H20O3/c1-6-12(5)8-10(14-9(2)13)7-11(3,4)15-12/h6,10H,1,7-8H2,2-5H3. The van der Waals surface area contributed by atoms with Crippen molar-refractivity contribution in [3.05, 3.63) is 12.7 Å². The minimum atomic E-state index is -0.401. The molecule has 2 atom stereocenters. The van der Waals surface area contributed by atoms with Crippen LogP contribution in [0.4, 0.5) is 0 Å². The van der Waals surface area contributed by atoms with Crippen molar-refractivity contribution in [2.45, 2.75) is 57.8 Å². The molecule has 0 radical (unpaired) electrons. The van der Waals surface area contributed by atoms with Crippen molar-refractivity contribution in [3.8, 4) is 0 Å². The van der Waals surface area contributed by atoms with Gasteiger partial charge in [-0.3, -0.25) is 4.79 Å². The van der Waals surface area contributed by atoms with Crippen molar-refractivity contribution in [3.63, 3.8) is 0 Å². The number of rotatable bonds is 2. The summed E-state index contributed by atoms with van der Waals surface area (Å²) < 4.78 is 11.2. The van der Waals surface area contributed by atoms with Crippen LogP contribution >= 0.6 is 0 Å². The van der Waals surface area contributed by atoms with Crippen LogP contribution < -0.4 is 0 Å². The van der Waals surface area contributed by atoms with E-state index in [0.29, 0.717) is 6.42 Å². The summed E-state index contributed by atoms with van der Waals surface area (Å²) in [5.74, 6) is -0.232. The van der Waals surface area contributed by atoms with E-state index < -0.39 is 5.60 Å². The second kappa shape index (κ2) is 3.97. The van der Waals surface area contributed by atoms with Crippen LogP contribution in [-0.2, 0) is 14.3 Å². The van der Waals surface area contributed by atoms with Gasteiger partial charge in [0.2, 0.25) is 0 Å². The summed E-state index contributed by atoms with van der Waals surface area (Å²) in [6.45, 7) is 11.2. The summed E-state index contributed by atoms with van der Waals surface area (Å²) in [7, 11) is 0. The number of carbonyl (C=O) groups excluding carboxylic acids is 1. The topological polar surface area (TPSA) is 35.5 Å². The van der Waals surface area contributed by atoms with E-state index in [4.69, 9.17) is 9.47 Å². The van der Waals surface area contributed by atoms with Crippen molar-refractivity contribution in [2.24, 2.45) is 0 Å². The van der Waals surface area contributed by atoms with Gasteiger partial charge in [0.1, 0.15) is 6.10 Å². The summed E-state index contributed by atoms with van der Waals surface area (Å²) in [6.07, 6.45) is 3.12. The van der Waals surface area contributed by atoms with Gasteiger partial charge >= 0.3 is 5.97 Å². The fourth-order valence-corrected chi connectivity index (χ4v) is 2.23. The van der Waals surface area contributed by atoms with E-state index in [1.54, 1.807) is 6.08 Å². The van der Waals surface area contributed by atoms with Crippen LogP contribution in [0, 0.1) is 0 Å². The molecule has 1 fully saturated rings. The Morgan fingerprint density at radius 1 is 1.47 bits per heavy atom. The summed E-state index contributed by atoms with van der Waals surface area (Å²) in [5, 5.41) is 0. The molecule has 2 unspecified atom stereocenters. The van der Waals surface area contributed by atoms with Gasteiger partial charge in [0, 0.05) is 19.8 Å². The van der Waals surface area contributed by atoms with Crippen molar-refractivity contribution >= 4 is 5.97 Å². The van der Waals surface area contributed by atoms with Crippen LogP contribution in [-0.4, -0.2) is 23.3 Å². The van der Waals surface area contributed by atoms with Gasteiger partial charge in [0.05, 0.1) is 11.2 Å². The Balaban J connectivity index is 2.76. The van der Waals surface area contributed by atoms with Gasteiger partial charge in [-0.05, 0) is 20.8 Å². The molecular weight excluding hydrogens is 192 g/mol. The lowest BCUT2D eigenvalue weighted by Gasteiger charge is -2.44. The molecule has 3 heteroatoms. The van der Waals surface area contributed by atoms with Crippen LogP contribution in [0.1, 0.15) is 40.5 Å². The highest BCUT2D eigenvalue weighted by Gasteiger charge is 2.41. The monoisotopic (exact) mass is 212 g/mol. The van der Waals surface area contributed by atoms with Crippen molar-refractivity contribution in [1.29, 1.82) is 0 Å². The third-order valence-electron chi connectivity index (χ3n) is 2.63. The third kappa shape index (κ3) is 3.34. The molecule has 0 spiro atoms. The Labute approximate surface area is 91.4 Å². The minimum Gasteiger partial charge on any atom is -0.462 e. The Morgan fingerprint density at radius 3 is 2.53 bits per heavy atom. The zero-order chi connectivity index (χ0) is 11.7. The molecule has 86 valence electrons. The Kier molecular flexibility index (Phi) is 3.24. The van der Waals surface area contributed by atoms with E-state index in [-0.39, 0.29) is 17.7 Å². The summed E-state index contributed by atoms with van der Waals surface area (Å²) in [6, 6.07) is 0. The smallest absolute Gasteiger partial charge is 0.302 e. The number of carbonyl (C=O) groups is 1. The summed E-state index contributed by atoms with van der Waals surface area (Å²) in [4.78, 5) is 10.9. The van der Waals surface area contributed by atoms with E-state index >= 15 is 0 Å². The maximum atomic E-state index is 10.9. The largest absolute Gasteiger partial charge is 0.462 e. The maximum absolute atomic E-state index is 10.9. The van der Waals surface area contributed by atoms with Crippen molar-refractivity contribution in [1.82, 2.24) is 0 Å². The Hall–Kier alpha value is -0.830. The maximum Gasteiger partial charge on any atom is 0.302 e. The predicted octanol–water partition coefficient (Wildman–Crippen LogP) is 2.45. The quantitative estimate of drug-likeness (QED) is 0.521. The van der Waals surface area contributed by atoms with Gasteiger partial charge in [-0.15, -0.1) is 6.58 Å². The average molecular weight is 212 g/mol. The fraction of sp³-hybridized carbons (Fsp3) is 0.750. The van der Waals surface area contributed by atoms with Crippen molar-refractivity contribution in [2.75, 3.05) is 0 Å². The fourth-order valence-electron chi connectivity index (χ4n) is 2.23. The van der Waals surface area contributed by atoms with E-state index in [0.717, 1.165) is 6.42 Å². The Bertz CT molecular complexity index is 270. The molecule has 0 aromatic rings. The van der Waals surface area contributed by atoms with Crippen LogP contribution in [0.3, 0.4) is 0 Å². The first-order chi connectivity index (χ1) is 6.76. The van der Waals surface area contributed by atoms with Crippen LogP contribution in [0.5, 0.6) is 0 Å². The molecule has 3 nitrogen and oxygen atoms in total. The summed E-state index contributed by atoms with van der Waals surface area (Å²) >= 11 is 0. The molecule has 1 rings (SSSR count). The molecule has 0 aromatic heterocycles. The molecule has 1 aliphatic rings. The molecular formula is C12H20O3. The van der Waals surface area contributed by atoms with E-state index in [2.05, 4.69) is 6.58 Å². The number of hydrogen-bond acceptors (Lipinski definition) is 3. The normalized spacial score (nSPS) is 34.5. The SMILES string of the molecule is C=CC1(C)CC(OC(C)=O)CC(C)(C)O1. The van der Waals surface area contributed by atoms with E-state index in [1.807, 2.05) is 20.8 Å². The van der Waals surface area contributed by atoms with Gasteiger partial charge < -0.3 is 9.47 Å². The average Bonchev–Trinajstić information content (AvgIpc) is 1.98. The molecule has 0 aliphatic carbocycles. The molecule has 0 N–H and O–H groups in total. The minimum absolute atomic E-state index is 0.0748. The van der Waals surface area contributed by atoms with Crippen LogP contribution in [0.2, 0.25) is 0 Å². The highest BCUT2D eigenvalue weighted by atomic mass is 16.6. The highest BCUT2D eigenvalue weighted by Crippen LogP contribution is 2.37. The zero-order valence-electron chi connectivity index (χ0n) is 10.0. The van der Waals surface area contributed by atoms with Crippen LogP contribution in [0.15, 0.2) is 12.7 Å². The van der Waals surface area contributed by atoms with Gasteiger partial charge in [0.25, 0.3) is 0 Å². The lowest BCUT2D eigenvalue weighted by atomic mass is 9.86. The molecule has 0 amide bonds. The van der Waals surface area contributed by atoms with Gasteiger partial charge in [-0.25, -0.2) is 0 Å². The van der Waals surface area contributed by atoms with Gasteiger partial charge in [-0.1, -0.05) is 6.08 Å². The second-order valence-corrected chi connectivity index (χ2v) is 5.02. The number of ether oxygens (including phenoxy) is 2. The van der Waals surface area contributed by atoms with E-state index in [1.165, 1.54) is 6.92 Å². The lowest BCUT2D eigenvalue weighted by molar-refractivity contribution is -0.189. The van der Waals surface area contributed by atoms with Crippen molar-refractivity contribution < 1.29 is 14.3 Å². The molecule has 0 bridgehead atoms. The van der Waals surface area contributed by atoms with Crippen LogP contribution in [0.25, 0.3) is 0 Å². The lowest BCUT2D eigenvalue weighted by Crippen LogP contribution is -2.48. The Morgan fingerprint density at radius 2 is 2.07 bits per heavy atom. The highest BCUT2D eigenvalue weighted by molar-refractivity contribution is 5.66. The van der Waals surface area contributed by atoms with Gasteiger partial charge in [0.15, 0.2) is 0 Å². The number of esters is 1. The first kappa shape index (κ1) is 12.2. The molecule has 1 saturated heterocycles. The predicted molar refractivity (Wildman–Crippen MR) is 58.6 cm³/mol.